The van der Waals surface area contributed by atoms with Gasteiger partial charge in [0.2, 0.25) is 5.91 Å². The lowest BCUT2D eigenvalue weighted by Gasteiger charge is -2.34. The normalized spacial score (nSPS) is 24.4. The summed E-state index contributed by atoms with van der Waals surface area (Å²) in [5, 5.41) is 7.46. The molecule has 138 valence electrons. The third kappa shape index (κ3) is 3.93. The highest BCUT2D eigenvalue weighted by molar-refractivity contribution is 5.96. The van der Waals surface area contributed by atoms with E-state index >= 15 is 0 Å². The van der Waals surface area contributed by atoms with E-state index in [1.807, 2.05) is 6.92 Å². The molecule has 1 amide bonds. The summed E-state index contributed by atoms with van der Waals surface area (Å²) in [6.45, 7) is 8.69. The number of likely N-dealkylation sites (tertiary alicyclic amines) is 1. The van der Waals surface area contributed by atoms with Gasteiger partial charge in [-0.05, 0) is 46.7 Å². The van der Waals surface area contributed by atoms with Crippen LogP contribution in [0, 0.1) is 13.8 Å². The zero-order valence-corrected chi connectivity index (χ0v) is 15.4. The van der Waals surface area contributed by atoms with E-state index in [4.69, 9.17) is 4.74 Å². The summed E-state index contributed by atoms with van der Waals surface area (Å²) in [5.74, 6) is -0.103. The number of nitrogens with one attached hydrogen (secondary N) is 1. The minimum Gasteiger partial charge on any atom is -0.378 e. The Balaban J connectivity index is 1.62. The zero-order valence-electron chi connectivity index (χ0n) is 15.4. The lowest BCUT2D eigenvalue weighted by molar-refractivity contribution is -0.122. The molecule has 1 aromatic heterocycles. The lowest BCUT2D eigenvalue weighted by Crippen LogP contribution is -2.53. The van der Waals surface area contributed by atoms with Crippen molar-refractivity contribution in [2.75, 3.05) is 26.3 Å². The van der Waals surface area contributed by atoms with E-state index in [-0.39, 0.29) is 30.3 Å². The van der Waals surface area contributed by atoms with Gasteiger partial charge in [-0.2, -0.15) is 5.10 Å². The van der Waals surface area contributed by atoms with Gasteiger partial charge in [-0.25, -0.2) is 0 Å². The van der Waals surface area contributed by atoms with Crippen molar-refractivity contribution < 1.29 is 14.3 Å². The fraction of sp³-hybridized carbons (Fsp3) is 0.722. The van der Waals surface area contributed by atoms with Crippen molar-refractivity contribution in [3.63, 3.8) is 0 Å². The van der Waals surface area contributed by atoms with Crippen LogP contribution in [-0.4, -0.2) is 64.8 Å². The first-order valence-electron chi connectivity index (χ1n) is 9.13. The standard InChI is InChI=1S/C18H28N4O3/c1-12-18(14(3)23)13(2)22(20-12)9-17(24)19-15-10-25-11-16(15)21-7-5-4-6-8-21/h15-16H,4-11H2,1-3H3,(H,19,24)/t15-,16-/m0/s1. The van der Waals surface area contributed by atoms with E-state index in [9.17, 15) is 9.59 Å². The Kier molecular flexibility index (Phi) is 5.54. The van der Waals surface area contributed by atoms with Crippen molar-refractivity contribution in [2.45, 2.75) is 58.7 Å². The van der Waals surface area contributed by atoms with Crippen LogP contribution in [0.1, 0.15) is 47.9 Å². The molecule has 7 nitrogen and oxygen atoms in total. The molecule has 0 saturated carbocycles. The molecule has 0 aromatic carbocycles. The Morgan fingerprint density at radius 1 is 1.20 bits per heavy atom. The lowest BCUT2D eigenvalue weighted by atomic mass is 10.0. The van der Waals surface area contributed by atoms with Crippen molar-refractivity contribution in [3.8, 4) is 0 Å². The highest BCUT2D eigenvalue weighted by Gasteiger charge is 2.34. The second-order valence-electron chi connectivity index (χ2n) is 7.14. The van der Waals surface area contributed by atoms with Crippen LogP contribution in [0.15, 0.2) is 0 Å². The number of aromatic nitrogens is 2. The molecule has 0 aliphatic carbocycles. The molecule has 25 heavy (non-hydrogen) atoms. The minimum atomic E-state index is -0.0850. The maximum absolute atomic E-state index is 12.5. The first-order valence-corrected chi connectivity index (χ1v) is 9.13. The molecule has 2 aliphatic rings. The average Bonchev–Trinajstić information content (AvgIpc) is 3.13. The first-order chi connectivity index (χ1) is 12.0. The monoisotopic (exact) mass is 348 g/mol. The number of hydrogen-bond acceptors (Lipinski definition) is 5. The van der Waals surface area contributed by atoms with Crippen molar-refractivity contribution in [3.05, 3.63) is 17.0 Å². The molecule has 0 bridgehead atoms. The molecule has 1 aromatic rings. The van der Waals surface area contributed by atoms with Gasteiger partial charge in [0.1, 0.15) is 6.54 Å². The number of rotatable bonds is 5. The van der Waals surface area contributed by atoms with Crippen molar-refractivity contribution in [1.29, 1.82) is 0 Å². The first kappa shape index (κ1) is 18.1. The number of amides is 1. The number of hydrogen-bond donors (Lipinski definition) is 1. The Hall–Kier alpha value is -1.73. The summed E-state index contributed by atoms with van der Waals surface area (Å²) >= 11 is 0. The molecule has 2 atom stereocenters. The van der Waals surface area contributed by atoms with E-state index in [0.29, 0.717) is 24.5 Å². The molecule has 2 aliphatic heterocycles. The van der Waals surface area contributed by atoms with Gasteiger partial charge in [0.15, 0.2) is 5.78 Å². The quantitative estimate of drug-likeness (QED) is 0.806. The summed E-state index contributed by atoms with van der Waals surface area (Å²) in [6.07, 6.45) is 3.73. The van der Waals surface area contributed by atoms with Crippen LogP contribution in [0.5, 0.6) is 0 Å². The fourth-order valence-electron chi connectivity index (χ4n) is 4.04. The molecule has 0 radical (unpaired) electrons. The van der Waals surface area contributed by atoms with E-state index in [0.717, 1.165) is 18.8 Å². The maximum Gasteiger partial charge on any atom is 0.242 e. The van der Waals surface area contributed by atoms with Gasteiger partial charge >= 0.3 is 0 Å². The molecule has 0 unspecified atom stereocenters. The van der Waals surface area contributed by atoms with Crippen LogP contribution >= 0.6 is 0 Å². The van der Waals surface area contributed by atoms with Crippen molar-refractivity contribution >= 4 is 11.7 Å². The maximum atomic E-state index is 12.5. The summed E-state index contributed by atoms with van der Waals surface area (Å²) in [7, 11) is 0. The molecule has 3 heterocycles. The van der Waals surface area contributed by atoms with Gasteiger partial charge < -0.3 is 10.1 Å². The molecule has 1 N–H and O–H groups in total. The van der Waals surface area contributed by atoms with Gasteiger partial charge in [-0.1, -0.05) is 6.42 Å². The van der Waals surface area contributed by atoms with Crippen LogP contribution in [-0.2, 0) is 16.1 Å². The van der Waals surface area contributed by atoms with Crippen LogP contribution in [0.4, 0.5) is 0 Å². The largest absolute Gasteiger partial charge is 0.378 e. The van der Waals surface area contributed by atoms with Crippen LogP contribution < -0.4 is 5.32 Å². The topological polar surface area (TPSA) is 76.5 Å². The SMILES string of the molecule is CC(=O)c1c(C)nn(CC(=O)N[C@H]2COC[C@@H]2N2CCCCC2)c1C. The number of nitrogens with zero attached hydrogens (tertiary/aromatic N) is 3. The summed E-state index contributed by atoms with van der Waals surface area (Å²) in [5.41, 5.74) is 2.03. The third-order valence-electron chi connectivity index (χ3n) is 5.28. The van der Waals surface area contributed by atoms with Crippen LogP contribution in [0.3, 0.4) is 0 Å². The highest BCUT2D eigenvalue weighted by atomic mass is 16.5. The summed E-state index contributed by atoms with van der Waals surface area (Å²) in [6, 6.07) is 0.285. The predicted octanol–water partition coefficient (Wildman–Crippen LogP) is 1.07. The van der Waals surface area contributed by atoms with Gasteiger partial charge in [-0.15, -0.1) is 0 Å². The molecular formula is C18H28N4O3. The van der Waals surface area contributed by atoms with Gasteiger partial charge in [0.25, 0.3) is 0 Å². The Morgan fingerprint density at radius 3 is 2.56 bits per heavy atom. The van der Waals surface area contributed by atoms with Crippen LogP contribution in [0.25, 0.3) is 0 Å². The Labute approximate surface area is 148 Å². The second-order valence-corrected chi connectivity index (χ2v) is 7.14. The Bertz CT molecular complexity index is 649. The number of Topliss-reactive ketones (excluding diaryl/α,β-unsaturated/α-hetero) is 1. The molecule has 7 heteroatoms. The number of ketones is 1. The van der Waals surface area contributed by atoms with E-state index in [1.54, 1.807) is 11.6 Å². The molecule has 2 fully saturated rings. The zero-order chi connectivity index (χ0) is 18.0. The number of piperidine rings is 1. The number of aryl methyl sites for hydroxylation is 1. The fourth-order valence-corrected chi connectivity index (χ4v) is 4.04. The van der Waals surface area contributed by atoms with Gasteiger partial charge in [0.05, 0.1) is 36.6 Å². The van der Waals surface area contributed by atoms with E-state index < -0.39 is 0 Å². The highest BCUT2D eigenvalue weighted by Crippen LogP contribution is 2.19. The van der Waals surface area contributed by atoms with Crippen molar-refractivity contribution in [2.24, 2.45) is 0 Å². The van der Waals surface area contributed by atoms with E-state index in [2.05, 4.69) is 15.3 Å². The van der Waals surface area contributed by atoms with Gasteiger partial charge in [-0.3, -0.25) is 19.2 Å². The molecule has 0 spiro atoms. The van der Waals surface area contributed by atoms with E-state index in [1.165, 1.54) is 26.2 Å². The van der Waals surface area contributed by atoms with Crippen molar-refractivity contribution in [1.82, 2.24) is 20.0 Å². The second kappa shape index (κ2) is 7.66. The van der Waals surface area contributed by atoms with Gasteiger partial charge in [0, 0.05) is 5.69 Å². The average molecular weight is 348 g/mol. The smallest absolute Gasteiger partial charge is 0.242 e. The molecule has 3 rings (SSSR count). The third-order valence-corrected chi connectivity index (χ3v) is 5.28. The summed E-state index contributed by atoms with van der Waals surface area (Å²) < 4.78 is 7.25. The van der Waals surface area contributed by atoms with Crippen LogP contribution in [0.2, 0.25) is 0 Å². The number of carbonyl (C=O) groups is 2. The number of ether oxygens (including phenoxy) is 1. The minimum absolute atomic E-state index is 0.0176. The molecular weight excluding hydrogens is 320 g/mol. The molecule has 2 saturated heterocycles. The number of carbonyl (C=O) groups excluding carboxylic acids is 2. The summed E-state index contributed by atoms with van der Waals surface area (Å²) in [4.78, 5) is 26.7. The predicted molar refractivity (Wildman–Crippen MR) is 93.7 cm³/mol. The Morgan fingerprint density at radius 2 is 1.92 bits per heavy atom.